The van der Waals surface area contributed by atoms with Gasteiger partial charge in [0.05, 0.1) is 6.20 Å². The molecule has 0 saturated heterocycles. The number of carbonyl (C=O) groups excluding carboxylic acids is 2. The summed E-state index contributed by atoms with van der Waals surface area (Å²) in [5.74, 6) is -1.33. The minimum absolute atomic E-state index is 0.245. The van der Waals surface area contributed by atoms with Gasteiger partial charge in [-0.05, 0) is 36.1 Å². The van der Waals surface area contributed by atoms with E-state index in [0.717, 1.165) is 11.3 Å². The summed E-state index contributed by atoms with van der Waals surface area (Å²) in [4.78, 5) is 30.6. The molecular formula is C21H20FN3O3S. The Kier molecular flexibility index (Phi) is 6.66. The lowest BCUT2D eigenvalue weighted by Crippen LogP contribution is -2.31. The first-order valence-corrected chi connectivity index (χ1v) is 10.0. The third-order valence-corrected chi connectivity index (χ3v) is 4.87. The Hall–Kier alpha value is -3.13. The number of rotatable bonds is 7. The number of aromatic nitrogens is 2. The number of nitrogens with zero attached hydrogens (tertiary/aromatic N) is 3. The molecule has 1 amide bonds. The average molecular weight is 413 g/mol. The van der Waals surface area contributed by atoms with Gasteiger partial charge >= 0.3 is 5.97 Å². The molecule has 150 valence electrons. The highest BCUT2D eigenvalue weighted by Crippen LogP contribution is 2.22. The van der Waals surface area contributed by atoms with Gasteiger partial charge < -0.3 is 9.64 Å². The summed E-state index contributed by atoms with van der Waals surface area (Å²) in [6.45, 7) is -0.111. The predicted octanol–water partition coefficient (Wildman–Crippen LogP) is 3.55. The van der Waals surface area contributed by atoms with E-state index in [2.05, 4.69) is 4.98 Å². The lowest BCUT2D eigenvalue weighted by molar-refractivity contribution is -0.133. The van der Waals surface area contributed by atoms with Gasteiger partial charge in [-0.15, -0.1) is 0 Å². The highest BCUT2D eigenvalue weighted by atomic mass is 32.2. The van der Waals surface area contributed by atoms with Crippen molar-refractivity contribution < 1.29 is 18.7 Å². The molecule has 0 aliphatic rings. The number of esters is 1. The van der Waals surface area contributed by atoms with Crippen LogP contribution in [0.5, 0.6) is 0 Å². The van der Waals surface area contributed by atoms with Crippen LogP contribution in [0, 0.1) is 5.82 Å². The molecule has 0 aliphatic carbocycles. The lowest BCUT2D eigenvalue weighted by atomic mass is 10.2. The third kappa shape index (κ3) is 5.03. The Bertz CT molecular complexity index is 990. The monoisotopic (exact) mass is 413 g/mol. The number of likely N-dealkylation sites (N-methyl/N-ethyl adjacent to an activating group) is 1. The van der Waals surface area contributed by atoms with Crippen molar-refractivity contribution in [2.45, 2.75) is 11.7 Å². The van der Waals surface area contributed by atoms with Crippen LogP contribution < -0.4 is 0 Å². The van der Waals surface area contributed by atoms with Crippen LogP contribution in [-0.2, 0) is 16.1 Å². The number of ether oxygens (including phenoxy) is 1. The molecule has 0 atom stereocenters. The normalized spacial score (nSPS) is 10.6. The summed E-state index contributed by atoms with van der Waals surface area (Å²) >= 11 is 1.40. The zero-order valence-corrected chi connectivity index (χ0v) is 16.9. The molecule has 8 heteroatoms. The fraction of sp³-hybridized carbons (Fsp3) is 0.190. The molecule has 0 unspecified atom stereocenters. The number of hydrogen-bond donors (Lipinski definition) is 0. The molecule has 3 aromatic rings. The Balaban J connectivity index is 1.65. The van der Waals surface area contributed by atoms with E-state index >= 15 is 0 Å². The molecule has 0 saturated carbocycles. The van der Waals surface area contributed by atoms with E-state index in [0.29, 0.717) is 5.16 Å². The topological polar surface area (TPSA) is 64.4 Å². The number of carbonyl (C=O) groups is 2. The van der Waals surface area contributed by atoms with E-state index in [4.69, 9.17) is 4.74 Å². The second kappa shape index (κ2) is 9.38. The van der Waals surface area contributed by atoms with E-state index in [9.17, 15) is 14.0 Å². The second-order valence-electron chi connectivity index (χ2n) is 6.25. The van der Waals surface area contributed by atoms with Crippen molar-refractivity contribution in [3.8, 4) is 5.69 Å². The van der Waals surface area contributed by atoms with Crippen LogP contribution in [0.3, 0.4) is 0 Å². The Labute approximate surface area is 172 Å². The van der Waals surface area contributed by atoms with E-state index < -0.39 is 12.6 Å². The van der Waals surface area contributed by atoms with Crippen LogP contribution >= 0.6 is 11.8 Å². The van der Waals surface area contributed by atoms with Gasteiger partial charge in [-0.1, -0.05) is 42.1 Å². The zero-order chi connectivity index (χ0) is 20.8. The van der Waals surface area contributed by atoms with Crippen molar-refractivity contribution in [1.29, 1.82) is 0 Å². The molecular weight excluding hydrogens is 393 g/mol. The van der Waals surface area contributed by atoms with Gasteiger partial charge in [0.1, 0.15) is 5.82 Å². The van der Waals surface area contributed by atoms with Gasteiger partial charge in [-0.2, -0.15) is 0 Å². The fourth-order valence-corrected chi connectivity index (χ4v) is 3.26. The molecule has 6 nitrogen and oxygen atoms in total. The number of para-hydroxylation sites is 1. The number of imidazole rings is 1. The molecule has 2 aromatic carbocycles. The van der Waals surface area contributed by atoms with Gasteiger partial charge in [-0.25, -0.2) is 14.2 Å². The summed E-state index contributed by atoms with van der Waals surface area (Å²) in [6.07, 6.45) is 3.30. The average Bonchev–Trinajstić information content (AvgIpc) is 3.18. The number of amides is 1. The van der Waals surface area contributed by atoms with Crippen LogP contribution in [0.1, 0.15) is 16.1 Å². The number of hydrogen-bond acceptors (Lipinski definition) is 5. The van der Waals surface area contributed by atoms with Crippen molar-refractivity contribution in [1.82, 2.24) is 14.5 Å². The van der Waals surface area contributed by atoms with Crippen molar-refractivity contribution in [2.24, 2.45) is 0 Å². The Morgan fingerprint density at radius 2 is 1.83 bits per heavy atom. The smallest absolute Gasteiger partial charge is 0.357 e. The highest BCUT2D eigenvalue weighted by Gasteiger charge is 2.20. The Morgan fingerprint density at radius 3 is 2.48 bits per heavy atom. The van der Waals surface area contributed by atoms with Gasteiger partial charge in [0, 0.05) is 19.3 Å². The van der Waals surface area contributed by atoms with Crippen LogP contribution in [0.2, 0.25) is 0 Å². The van der Waals surface area contributed by atoms with Crippen LogP contribution in [-0.4, -0.2) is 46.2 Å². The fourth-order valence-electron chi connectivity index (χ4n) is 2.71. The maximum atomic E-state index is 13.0. The summed E-state index contributed by atoms with van der Waals surface area (Å²) < 4.78 is 19.9. The maximum absolute atomic E-state index is 13.0. The van der Waals surface area contributed by atoms with Gasteiger partial charge in [0.2, 0.25) is 0 Å². The summed E-state index contributed by atoms with van der Waals surface area (Å²) in [6, 6.07) is 15.2. The van der Waals surface area contributed by atoms with Crippen LogP contribution in [0.4, 0.5) is 4.39 Å². The maximum Gasteiger partial charge on any atom is 0.357 e. The first-order chi connectivity index (χ1) is 14.0. The lowest BCUT2D eigenvalue weighted by Gasteiger charge is -2.17. The Morgan fingerprint density at radius 1 is 1.14 bits per heavy atom. The second-order valence-corrected chi connectivity index (χ2v) is 7.03. The zero-order valence-electron chi connectivity index (χ0n) is 16.0. The molecule has 0 radical (unpaired) electrons. The van der Waals surface area contributed by atoms with E-state index in [1.165, 1.54) is 35.0 Å². The number of benzene rings is 2. The molecule has 29 heavy (non-hydrogen) atoms. The number of halogens is 1. The SMILES string of the molecule is CSc1ncc(C(=O)OCC(=O)N(C)Cc2ccc(F)cc2)n1-c1ccccc1. The van der Waals surface area contributed by atoms with Crippen molar-refractivity contribution >= 4 is 23.6 Å². The van der Waals surface area contributed by atoms with Gasteiger partial charge in [-0.3, -0.25) is 9.36 Å². The van der Waals surface area contributed by atoms with E-state index in [1.807, 2.05) is 36.6 Å². The van der Waals surface area contributed by atoms with Gasteiger partial charge in [0.25, 0.3) is 5.91 Å². The van der Waals surface area contributed by atoms with Crippen molar-refractivity contribution in [2.75, 3.05) is 19.9 Å². The van der Waals surface area contributed by atoms with E-state index in [1.54, 1.807) is 23.7 Å². The summed E-state index contributed by atoms with van der Waals surface area (Å²) in [7, 11) is 1.60. The van der Waals surface area contributed by atoms with Crippen LogP contribution in [0.15, 0.2) is 66.0 Å². The molecule has 0 N–H and O–H groups in total. The van der Waals surface area contributed by atoms with Gasteiger partial charge in [0.15, 0.2) is 17.5 Å². The minimum Gasteiger partial charge on any atom is -0.451 e. The van der Waals surface area contributed by atoms with Crippen molar-refractivity contribution in [3.05, 3.63) is 77.9 Å². The van der Waals surface area contributed by atoms with E-state index in [-0.39, 0.29) is 24.0 Å². The minimum atomic E-state index is -0.634. The highest BCUT2D eigenvalue weighted by molar-refractivity contribution is 7.98. The molecule has 1 heterocycles. The first-order valence-electron chi connectivity index (χ1n) is 8.82. The molecule has 0 spiro atoms. The van der Waals surface area contributed by atoms with Crippen LogP contribution in [0.25, 0.3) is 5.69 Å². The summed E-state index contributed by atoms with van der Waals surface area (Å²) in [5, 5.41) is 0.642. The molecule has 0 aliphatic heterocycles. The number of thioether (sulfide) groups is 1. The molecule has 3 rings (SSSR count). The predicted molar refractivity (Wildman–Crippen MR) is 109 cm³/mol. The largest absolute Gasteiger partial charge is 0.451 e. The first kappa shape index (κ1) is 20.6. The molecule has 0 bridgehead atoms. The summed E-state index contributed by atoms with van der Waals surface area (Å²) in [5.41, 5.74) is 1.80. The van der Waals surface area contributed by atoms with Crippen molar-refractivity contribution in [3.63, 3.8) is 0 Å². The third-order valence-electron chi connectivity index (χ3n) is 4.22. The quantitative estimate of drug-likeness (QED) is 0.438. The molecule has 0 fully saturated rings. The standard InChI is InChI=1S/C21H20FN3O3S/c1-24(13-15-8-10-16(22)11-9-15)19(26)14-28-20(27)18-12-23-21(29-2)25(18)17-6-4-3-5-7-17/h3-12H,13-14H2,1-2H3. The molecule has 1 aromatic heterocycles.